The van der Waals surface area contributed by atoms with E-state index in [1.165, 1.54) is 17.2 Å². The molecule has 1 N–H and O–H groups in total. The molecule has 0 bridgehead atoms. The van der Waals surface area contributed by atoms with Gasteiger partial charge < -0.3 is 9.84 Å². The zero-order valence-electron chi connectivity index (χ0n) is 15.4. The second-order valence-corrected chi connectivity index (χ2v) is 7.59. The molecule has 2 aromatic rings. The van der Waals surface area contributed by atoms with Gasteiger partial charge >= 0.3 is 5.97 Å². The minimum atomic E-state index is -0.926. The molecule has 2 aromatic carbocycles. The van der Waals surface area contributed by atoms with E-state index in [1.54, 1.807) is 6.08 Å². The van der Waals surface area contributed by atoms with Crippen LogP contribution in [0.4, 0.5) is 0 Å². The van der Waals surface area contributed by atoms with Gasteiger partial charge in [-0.3, -0.25) is 4.90 Å². The topological polar surface area (TPSA) is 49.8 Å². The van der Waals surface area contributed by atoms with Crippen LogP contribution in [0.15, 0.2) is 54.6 Å². The van der Waals surface area contributed by atoms with E-state index in [9.17, 15) is 4.79 Å². The van der Waals surface area contributed by atoms with Gasteiger partial charge in [-0.25, -0.2) is 4.79 Å². The van der Waals surface area contributed by atoms with Crippen LogP contribution in [0.1, 0.15) is 36.0 Å². The highest BCUT2D eigenvalue weighted by Gasteiger charge is 2.39. The van der Waals surface area contributed by atoms with Gasteiger partial charge in [0, 0.05) is 25.7 Å². The Kier molecular flexibility index (Phi) is 4.99. The molecule has 0 saturated carbocycles. The maximum atomic E-state index is 10.7. The number of rotatable bonds is 4. The Bertz CT molecular complexity index is 836. The first-order valence-electron chi connectivity index (χ1n) is 9.61. The predicted molar refractivity (Wildman–Crippen MR) is 106 cm³/mol. The zero-order chi connectivity index (χ0) is 18.7. The van der Waals surface area contributed by atoms with Crippen LogP contribution in [0.3, 0.4) is 0 Å². The standard InChI is InChI=1S/C23H25NO3/c25-22(26)9-7-18-6-8-21-20(16-18)10-11-23(27-21)12-14-24(15-13-23)17-19-4-2-1-3-5-19/h1-9,16H,10-15,17H2,(H,25,26). The van der Waals surface area contributed by atoms with Crippen LogP contribution in [-0.4, -0.2) is 34.7 Å². The summed E-state index contributed by atoms with van der Waals surface area (Å²) in [5.41, 5.74) is 3.41. The van der Waals surface area contributed by atoms with Gasteiger partial charge in [-0.15, -0.1) is 0 Å². The lowest BCUT2D eigenvalue weighted by Crippen LogP contribution is -2.49. The van der Waals surface area contributed by atoms with Crippen molar-refractivity contribution in [2.45, 2.75) is 37.8 Å². The van der Waals surface area contributed by atoms with Crippen LogP contribution < -0.4 is 4.74 Å². The first kappa shape index (κ1) is 17.8. The third kappa shape index (κ3) is 4.22. The first-order chi connectivity index (χ1) is 13.1. The van der Waals surface area contributed by atoms with Crippen LogP contribution in [0.2, 0.25) is 0 Å². The monoisotopic (exact) mass is 363 g/mol. The second-order valence-electron chi connectivity index (χ2n) is 7.59. The highest BCUT2D eigenvalue weighted by atomic mass is 16.5. The molecule has 0 aliphatic carbocycles. The molecule has 4 heteroatoms. The van der Waals surface area contributed by atoms with Crippen LogP contribution in [-0.2, 0) is 17.8 Å². The number of carboxylic acid groups (broad SMARTS) is 1. The summed E-state index contributed by atoms with van der Waals surface area (Å²) in [5.74, 6) is 0.0374. The summed E-state index contributed by atoms with van der Waals surface area (Å²) >= 11 is 0. The Labute approximate surface area is 160 Å². The average molecular weight is 363 g/mol. The average Bonchev–Trinajstić information content (AvgIpc) is 2.69. The van der Waals surface area contributed by atoms with E-state index in [0.717, 1.165) is 56.6 Å². The predicted octanol–water partition coefficient (Wildman–Crippen LogP) is 4.14. The van der Waals surface area contributed by atoms with Crippen molar-refractivity contribution in [2.75, 3.05) is 13.1 Å². The molecular formula is C23H25NO3. The maximum Gasteiger partial charge on any atom is 0.328 e. The van der Waals surface area contributed by atoms with Crippen molar-refractivity contribution in [3.05, 3.63) is 71.3 Å². The molecule has 0 radical (unpaired) electrons. The van der Waals surface area contributed by atoms with E-state index in [-0.39, 0.29) is 5.60 Å². The molecule has 2 aliphatic rings. The number of aliphatic carboxylic acids is 1. The summed E-state index contributed by atoms with van der Waals surface area (Å²) in [4.78, 5) is 13.2. The molecule has 27 heavy (non-hydrogen) atoms. The number of benzene rings is 2. The van der Waals surface area contributed by atoms with Crippen molar-refractivity contribution in [2.24, 2.45) is 0 Å². The van der Waals surface area contributed by atoms with E-state index in [1.807, 2.05) is 18.2 Å². The number of carboxylic acids is 1. The van der Waals surface area contributed by atoms with Crippen molar-refractivity contribution in [3.8, 4) is 5.75 Å². The molecule has 1 spiro atoms. The van der Waals surface area contributed by atoms with Gasteiger partial charge in [0.2, 0.25) is 0 Å². The fraction of sp³-hybridized carbons (Fsp3) is 0.348. The molecule has 2 heterocycles. The van der Waals surface area contributed by atoms with Crippen LogP contribution >= 0.6 is 0 Å². The van der Waals surface area contributed by atoms with E-state index < -0.39 is 5.97 Å². The van der Waals surface area contributed by atoms with Crippen molar-refractivity contribution in [1.82, 2.24) is 4.90 Å². The van der Waals surface area contributed by atoms with Crippen LogP contribution in [0.5, 0.6) is 5.75 Å². The minimum absolute atomic E-state index is 0.0430. The Morgan fingerprint density at radius 2 is 1.89 bits per heavy atom. The second kappa shape index (κ2) is 7.57. The largest absolute Gasteiger partial charge is 0.487 e. The highest BCUT2D eigenvalue weighted by Crippen LogP contribution is 2.40. The molecule has 2 aliphatic heterocycles. The first-order valence-corrected chi connectivity index (χ1v) is 9.61. The van der Waals surface area contributed by atoms with E-state index in [0.29, 0.717) is 0 Å². The van der Waals surface area contributed by atoms with Gasteiger partial charge in [0.05, 0.1) is 0 Å². The normalized spacial score (nSPS) is 19.0. The molecule has 4 rings (SSSR count). The quantitative estimate of drug-likeness (QED) is 0.830. The number of hydrogen-bond acceptors (Lipinski definition) is 3. The van der Waals surface area contributed by atoms with E-state index >= 15 is 0 Å². The number of carbonyl (C=O) groups is 1. The smallest absolute Gasteiger partial charge is 0.328 e. The number of piperidine rings is 1. The zero-order valence-corrected chi connectivity index (χ0v) is 15.4. The fourth-order valence-electron chi connectivity index (χ4n) is 4.12. The lowest BCUT2D eigenvalue weighted by atomic mass is 9.82. The Morgan fingerprint density at radius 1 is 1.11 bits per heavy atom. The molecule has 1 saturated heterocycles. The summed E-state index contributed by atoms with van der Waals surface area (Å²) in [6.07, 6.45) is 6.94. The third-order valence-electron chi connectivity index (χ3n) is 5.70. The van der Waals surface area contributed by atoms with E-state index in [4.69, 9.17) is 9.84 Å². The van der Waals surface area contributed by atoms with Crippen molar-refractivity contribution >= 4 is 12.0 Å². The summed E-state index contributed by atoms with van der Waals surface area (Å²) in [5, 5.41) is 8.78. The number of hydrogen-bond donors (Lipinski definition) is 1. The summed E-state index contributed by atoms with van der Waals surface area (Å²) < 4.78 is 6.47. The Hall–Kier alpha value is -2.59. The van der Waals surface area contributed by atoms with Gasteiger partial charge in [-0.05, 0) is 60.6 Å². The van der Waals surface area contributed by atoms with E-state index in [2.05, 4.69) is 35.2 Å². The van der Waals surface area contributed by atoms with Crippen molar-refractivity contribution in [3.63, 3.8) is 0 Å². The van der Waals surface area contributed by atoms with Crippen molar-refractivity contribution < 1.29 is 14.6 Å². The van der Waals surface area contributed by atoms with Gasteiger partial charge in [0.25, 0.3) is 0 Å². The number of aryl methyl sites for hydroxylation is 1. The molecule has 0 unspecified atom stereocenters. The van der Waals surface area contributed by atoms with Crippen LogP contribution in [0.25, 0.3) is 6.08 Å². The molecule has 0 atom stereocenters. The molecule has 0 aromatic heterocycles. The van der Waals surface area contributed by atoms with Crippen LogP contribution in [0, 0.1) is 0 Å². The maximum absolute atomic E-state index is 10.7. The number of nitrogens with zero attached hydrogens (tertiary/aromatic N) is 1. The summed E-state index contributed by atoms with van der Waals surface area (Å²) in [7, 11) is 0. The molecule has 0 amide bonds. The lowest BCUT2D eigenvalue weighted by molar-refractivity contribution is -0.131. The Balaban J connectivity index is 1.39. The van der Waals surface area contributed by atoms with Gasteiger partial charge in [0.1, 0.15) is 11.4 Å². The van der Waals surface area contributed by atoms with Gasteiger partial charge in [-0.1, -0.05) is 36.4 Å². The van der Waals surface area contributed by atoms with Gasteiger partial charge in [0.15, 0.2) is 0 Å². The molecule has 1 fully saturated rings. The SMILES string of the molecule is O=C(O)C=Cc1ccc2c(c1)CCC1(CCN(Cc3ccccc3)CC1)O2. The molecular weight excluding hydrogens is 338 g/mol. The van der Waals surface area contributed by atoms with Crippen molar-refractivity contribution in [1.29, 1.82) is 0 Å². The molecule has 140 valence electrons. The third-order valence-corrected chi connectivity index (χ3v) is 5.70. The summed E-state index contributed by atoms with van der Waals surface area (Å²) in [6.45, 7) is 3.13. The summed E-state index contributed by atoms with van der Waals surface area (Å²) in [6, 6.07) is 16.6. The van der Waals surface area contributed by atoms with Gasteiger partial charge in [-0.2, -0.15) is 0 Å². The number of likely N-dealkylation sites (tertiary alicyclic amines) is 1. The highest BCUT2D eigenvalue weighted by molar-refractivity contribution is 5.85. The fourth-order valence-corrected chi connectivity index (χ4v) is 4.12. The minimum Gasteiger partial charge on any atom is -0.487 e. The lowest BCUT2D eigenvalue weighted by Gasteiger charge is -2.44. The number of fused-ring (bicyclic) bond motifs is 1. The number of ether oxygens (including phenoxy) is 1. The molecule has 4 nitrogen and oxygen atoms in total. The Morgan fingerprint density at radius 3 is 2.63 bits per heavy atom.